The first-order valence-electron chi connectivity index (χ1n) is 9.26. The number of nitro benzene ring substituents is 1. The van der Waals surface area contributed by atoms with Crippen LogP contribution in [0.3, 0.4) is 0 Å². The van der Waals surface area contributed by atoms with Gasteiger partial charge in [-0.05, 0) is 36.0 Å². The van der Waals surface area contributed by atoms with Crippen LogP contribution >= 0.6 is 23.8 Å². The zero-order chi connectivity index (χ0) is 22.2. The van der Waals surface area contributed by atoms with Crippen molar-refractivity contribution in [3.8, 4) is 5.75 Å². The Morgan fingerprint density at radius 3 is 2.48 bits per heavy atom. The van der Waals surface area contributed by atoms with Crippen LogP contribution in [0.5, 0.6) is 5.75 Å². The molecule has 31 heavy (non-hydrogen) atoms. The lowest BCUT2D eigenvalue weighted by molar-refractivity contribution is -0.384. The van der Waals surface area contributed by atoms with E-state index in [2.05, 4.69) is 10.6 Å². The van der Waals surface area contributed by atoms with Gasteiger partial charge in [-0.3, -0.25) is 20.2 Å². The number of nitrogens with one attached hydrogen (secondary N) is 2. The fourth-order valence-electron chi connectivity index (χ4n) is 2.75. The highest BCUT2D eigenvalue weighted by Crippen LogP contribution is 2.26. The second-order valence-electron chi connectivity index (χ2n) is 6.41. The molecule has 3 aromatic carbocycles. The molecule has 9 heteroatoms. The molecule has 0 bridgehead atoms. The van der Waals surface area contributed by atoms with E-state index in [1.807, 2.05) is 30.3 Å². The third-order valence-corrected chi connectivity index (χ3v) is 4.78. The van der Waals surface area contributed by atoms with Gasteiger partial charge in [0.1, 0.15) is 5.75 Å². The van der Waals surface area contributed by atoms with E-state index in [1.54, 1.807) is 24.3 Å². The van der Waals surface area contributed by atoms with Crippen molar-refractivity contribution in [1.82, 2.24) is 5.32 Å². The van der Waals surface area contributed by atoms with Crippen molar-refractivity contribution in [2.45, 2.75) is 6.42 Å². The SMILES string of the molecule is O=C(NC(=S)Nc1ccc([N+](=O)[O-])cc1Cl)c1ccccc1OCCc1ccccc1. The molecule has 2 N–H and O–H groups in total. The molecule has 0 atom stereocenters. The summed E-state index contributed by atoms with van der Waals surface area (Å²) in [5.41, 5.74) is 1.65. The first-order chi connectivity index (χ1) is 14.9. The molecule has 0 saturated carbocycles. The third-order valence-electron chi connectivity index (χ3n) is 4.26. The number of para-hydroxylation sites is 1. The van der Waals surface area contributed by atoms with Crippen LogP contribution in [-0.2, 0) is 6.42 Å². The van der Waals surface area contributed by atoms with E-state index < -0.39 is 10.8 Å². The maximum atomic E-state index is 12.7. The van der Waals surface area contributed by atoms with E-state index in [9.17, 15) is 14.9 Å². The highest BCUT2D eigenvalue weighted by atomic mass is 35.5. The summed E-state index contributed by atoms with van der Waals surface area (Å²) in [5.74, 6) is -0.0158. The Bertz CT molecular complexity index is 1110. The number of non-ortho nitro benzene ring substituents is 1. The highest BCUT2D eigenvalue weighted by Gasteiger charge is 2.15. The molecular weight excluding hydrogens is 438 g/mol. The van der Waals surface area contributed by atoms with Gasteiger partial charge in [0.25, 0.3) is 11.6 Å². The molecule has 1 amide bonds. The average molecular weight is 456 g/mol. The zero-order valence-electron chi connectivity index (χ0n) is 16.2. The number of amides is 1. The number of benzene rings is 3. The summed E-state index contributed by atoms with van der Waals surface area (Å²) in [5, 5.41) is 16.2. The number of rotatable bonds is 7. The minimum atomic E-state index is -0.551. The minimum Gasteiger partial charge on any atom is -0.492 e. The number of ether oxygens (including phenoxy) is 1. The van der Waals surface area contributed by atoms with Gasteiger partial charge in [0.15, 0.2) is 5.11 Å². The molecule has 0 spiro atoms. The number of halogens is 1. The van der Waals surface area contributed by atoms with Crippen molar-refractivity contribution >= 4 is 46.2 Å². The number of nitro groups is 1. The van der Waals surface area contributed by atoms with Crippen molar-refractivity contribution in [3.63, 3.8) is 0 Å². The predicted molar refractivity (Wildman–Crippen MR) is 124 cm³/mol. The number of thiocarbonyl (C=S) groups is 1. The molecule has 0 aromatic heterocycles. The molecule has 0 aliphatic rings. The van der Waals surface area contributed by atoms with Crippen LogP contribution < -0.4 is 15.4 Å². The topological polar surface area (TPSA) is 93.5 Å². The number of carbonyl (C=O) groups excluding carboxylic acids is 1. The monoisotopic (exact) mass is 455 g/mol. The van der Waals surface area contributed by atoms with Crippen LogP contribution in [0, 0.1) is 10.1 Å². The summed E-state index contributed by atoms with van der Waals surface area (Å²) in [6, 6.07) is 20.6. The lowest BCUT2D eigenvalue weighted by Crippen LogP contribution is -2.34. The van der Waals surface area contributed by atoms with Gasteiger partial charge in [-0.1, -0.05) is 54.1 Å². The van der Waals surface area contributed by atoms with E-state index in [4.69, 9.17) is 28.6 Å². The van der Waals surface area contributed by atoms with E-state index in [1.165, 1.54) is 18.2 Å². The van der Waals surface area contributed by atoms with Crippen molar-refractivity contribution in [2.24, 2.45) is 0 Å². The van der Waals surface area contributed by atoms with E-state index >= 15 is 0 Å². The number of nitrogens with zero attached hydrogens (tertiary/aromatic N) is 1. The zero-order valence-corrected chi connectivity index (χ0v) is 17.8. The molecule has 3 aromatic rings. The van der Waals surface area contributed by atoms with Gasteiger partial charge in [-0.15, -0.1) is 0 Å². The Kier molecular flexibility index (Phi) is 7.53. The maximum absolute atomic E-state index is 12.7. The van der Waals surface area contributed by atoms with E-state index in [0.717, 1.165) is 5.56 Å². The summed E-state index contributed by atoms with van der Waals surface area (Å²) in [4.78, 5) is 22.9. The average Bonchev–Trinajstić information content (AvgIpc) is 2.76. The molecule has 0 heterocycles. The Morgan fingerprint density at radius 2 is 1.77 bits per heavy atom. The normalized spacial score (nSPS) is 10.2. The second kappa shape index (κ2) is 10.5. The summed E-state index contributed by atoms with van der Waals surface area (Å²) in [6.07, 6.45) is 0.704. The maximum Gasteiger partial charge on any atom is 0.271 e. The highest BCUT2D eigenvalue weighted by molar-refractivity contribution is 7.80. The van der Waals surface area contributed by atoms with Crippen molar-refractivity contribution < 1.29 is 14.5 Å². The quantitative estimate of drug-likeness (QED) is 0.296. The van der Waals surface area contributed by atoms with E-state index in [-0.39, 0.29) is 15.8 Å². The van der Waals surface area contributed by atoms with Gasteiger partial charge >= 0.3 is 0 Å². The molecule has 0 radical (unpaired) electrons. The summed E-state index contributed by atoms with van der Waals surface area (Å²) >= 11 is 11.2. The summed E-state index contributed by atoms with van der Waals surface area (Å²) < 4.78 is 5.81. The lowest BCUT2D eigenvalue weighted by Gasteiger charge is -2.13. The Hall–Kier alpha value is -3.49. The predicted octanol–water partition coefficient (Wildman–Crippen LogP) is 5.00. The fraction of sp³-hybridized carbons (Fsp3) is 0.0909. The van der Waals surface area contributed by atoms with Crippen molar-refractivity contribution in [2.75, 3.05) is 11.9 Å². The number of anilines is 1. The standard InChI is InChI=1S/C22H18ClN3O4S/c23-18-14-16(26(28)29)10-11-19(18)24-22(31)25-21(27)17-8-4-5-9-20(17)30-13-12-15-6-2-1-3-7-15/h1-11,14H,12-13H2,(H2,24,25,27,31). The van der Waals surface area contributed by atoms with Gasteiger partial charge < -0.3 is 10.1 Å². The molecule has 3 rings (SSSR count). The van der Waals surface area contributed by atoms with Crippen LogP contribution in [0.25, 0.3) is 0 Å². The van der Waals surface area contributed by atoms with Crippen LogP contribution in [0.1, 0.15) is 15.9 Å². The largest absolute Gasteiger partial charge is 0.492 e. The number of hydrogen-bond acceptors (Lipinski definition) is 5. The molecule has 158 valence electrons. The first kappa shape index (κ1) is 22.2. The van der Waals surface area contributed by atoms with Gasteiger partial charge in [-0.25, -0.2) is 0 Å². The van der Waals surface area contributed by atoms with Crippen molar-refractivity contribution in [3.05, 3.63) is 99.1 Å². The minimum absolute atomic E-state index is 0.000147. The third kappa shape index (κ3) is 6.24. The first-order valence-corrected chi connectivity index (χ1v) is 10.0. The molecule has 7 nitrogen and oxygen atoms in total. The Balaban J connectivity index is 1.61. The van der Waals surface area contributed by atoms with Gasteiger partial charge in [-0.2, -0.15) is 0 Å². The van der Waals surface area contributed by atoms with Crippen LogP contribution in [0.4, 0.5) is 11.4 Å². The van der Waals surface area contributed by atoms with Gasteiger partial charge in [0.2, 0.25) is 0 Å². The lowest BCUT2D eigenvalue weighted by atomic mass is 10.1. The Labute approximate surface area is 189 Å². The molecular formula is C22H18ClN3O4S. The summed E-state index contributed by atoms with van der Waals surface area (Å²) in [7, 11) is 0. The van der Waals surface area contributed by atoms with Gasteiger partial charge in [0.05, 0.1) is 27.8 Å². The van der Waals surface area contributed by atoms with Crippen LogP contribution in [0.15, 0.2) is 72.8 Å². The molecule has 0 fully saturated rings. The van der Waals surface area contributed by atoms with Crippen molar-refractivity contribution in [1.29, 1.82) is 0 Å². The molecule has 0 unspecified atom stereocenters. The van der Waals surface area contributed by atoms with Crippen LogP contribution in [-0.4, -0.2) is 22.5 Å². The number of carbonyl (C=O) groups is 1. The summed E-state index contributed by atoms with van der Waals surface area (Å²) in [6.45, 7) is 0.412. The smallest absolute Gasteiger partial charge is 0.271 e. The second-order valence-corrected chi connectivity index (χ2v) is 7.23. The van der Waals surface area contributed by atoms with Crippen LogP contribution in [0.2, 0.25) is 5.02 Å². The Morgan fingerprint density at radius 1 is 1.06 bits per heavy atom. The molecule has 0 aliphatic heterocycles. The molecule has 0 aliphatic carbocycles. The fourth-order valence-corrected chi connectivity index (χ4v) is 3.17. The van der Waals surface area contributed by atoms with E-state index in [0.29, 0.717) is 30.0 Å². The number of hydrogen-bond donors (Lipinski definition) is 2. The molecule has 0 saturated heterocycles. The van der Waals surface area contributed by atoms with Gasteiger partial charge in [0, 0.05) is 18.6 Å².